The summed E-state index contributed by atoms with van der Waals surface area (Å²) in [6.07, 6.45) is 0. The Morgan fingerprint density at radius 3 is 2.69 bits per heavy atom. The molecule has 0 aromatic heterocycles. The van der Waals surface area contributed by atoms with Crippen molar-refractivity contribution in [2.45, 2.75) is 26.7 Å². The van der Waals surface area contributed by atoms with Crippen molar-refractivity contribution in [2.75, 3.05) is 13.6 Å². The molecule has 0 aliphatic heterocycles. The topological polar surface area (TPSA) is 24.1 Å². The van der Waals surface area contributed by atoms with Gasteiger partial charge in [0.1, 0.15) is 0 Å². The molecule has 1 rings (SSSR count). The molecule has 1 atom stereocenters. The molecule has 0 saturated carbocycles. The van der Waals surface area contributed by atoms with E-state index in [0.717, 1.165) is 6.54 Å². The van der Waals surface area contributed by atoms with Crippen LogP contribution in [0.15, 0.2) is 18.2 Å². The summed E-state index contributed by atoms with van der Waals surface area (Å²) in [6, 6.07) is 6.58. The maximum Gasteiger partial charge on any atom is 0.166 e. The van der Waals surface area contributed by atoms with Gasteiger partial charge in [0.15, 0.2) is 5.11 Å². The van der Waals surface area contributed by atoms with Crippen LogP contribution in [-0.4, -0.2) is 18.7 Å². The molecule has 0 fully saturated rings. The predicted octanol–water partition coefficient (Wildman–Crippen LogP) is 2.50. The molecule has 0 bridgehead atoms. The van der Waals surface area contributed by atoms with Gasteiger partial charge in [0, 0.05) is 13.6 Å². The van der Waals surface area contributed by atoms with Gasteiger partial charge in [-0.05, 0) is 43.1 Å². The lowest BCUT2D eigenvalue weighted by Gasteiger charge is -2.17. The maximum atomic E-state index is 5.06. The van der Waals surface area contributed by atoms with Gasteiger partial charge in [-0.1, -0.05) is 30.7 Å². The van der Waals surface area contributed by atoms with Crippen LogP contribution >= 0.6 is 12.2 Å². The monoisotopic (exact) mass is 236 g/mol. The second-order valence-corrected chi connectivity index (χ2v) is 4.63. The molecule has 16 heavy (non-hydrogen) atoms. The van der Waals surface area contributed by atoms with Gasteiger partial charge in [0.2, 0.25) is 0 Å². The third-order valence-corrected chi connectivity index (χ3v) is 3.11. The summed E-state index contributed by atoms with van der Waals surface area (Å²) in [5.74, 6) is 0.464. The minimum atomic E-state index is 0.464. The number of hydrogen-bond donors (Lipinski definition) is 2. The zero-order chi connectivity index (χ0) is 12.1. The maximum absolute atomic E-state index is 5.06. The molecule has 1 aromatic carbocycles. The van der Waals surface area contributed by atoms with E-state index in [1.165, 1.54) is 16.7 Å². The van der Waals surface area contributed by atoms with Crippen molar-refractivity contribution in [1.29, 1.82) is 0 Å². The Morgan fingerprint density at radius 1 is 1.38 bits per heavy atom. The average molecular weight is 236 g/mol. The third kappa shape index (κ3) is 3.49. The van der Waals surface area contributed by atoms with Gasteiger partial charge in [0.05, 0.1) is 0 Å². The molecule has 0 amide bonds. The summed E-state index contributed by atoms with van der Waals surface area (Å²) in [4.78, 5) is 0. The molecule has 0 unspecified atom stereocenters. The number of nitrogens with one attached hydrogen (secondary N) is 2. The molecular weight excluding hydrogens is 216 g/mol. The Bertz CT molecular complexity index is 374. The van der Waals surface area contributed by atoms with Gasteiger partial charge < -0.3 is 10.6 Å². The van der Waals surface area contributed by atoms with E-state index in [4.69, 9.17) is 12.2 Å². The van der Waals surface area contributed by atoms with Crippen molar-refractivity contribution < 1.29 is 0 Å². The van der Waals surface area contributed by atoms with E-state index >= 15 is 0 Å². The predicted molar refractivity (Wildman–Crippen MR) is 74.0 cm³/mol. The molecule has 3 heteroatoms. The minimum absolute atomic E-state index is 0.464. The van der Waals surface area contributed by atoms with E-state index in [1.54, 1.807) is 0 Å². The van der Waals surface area contributed by atoms with Crippen LogP contribution in [0.3, 0.4) is 0 Å². The first-order valence-corrected chi connectivity index (χ1v) is 5.98. The van der Waals surface area contributed by atoms with E-state index < -0.39 is 0 Å². The van der Waals surface area contributed by atoms with Crippen LogP contribution in [-0.2, 0) is 0 Å². The molecule has 88 valence electrons. The summed E-state index contributed by atoms with van der Waals surface area (Å²) >= 11 is 5.06. The van der Waals surface area contributed by atoms with Gasteiger partial charge in [-0.15, -0.1) is 0 Å². The Kier molecular flexibility index (Phi) is 4.74. The summed E-state index contributed by atoms with van der Waals surface area (Å²) in [6.45, 7) is 7.36. The Labute approximate surface area is 103 Å². The fourth-order valence-corrected chi connectivity index (χ4v) is 1.82. The highest BCUT2D eigenvalue weighted by molar-refractivity contribution is 7.80. The van der Waals surface area contributed by atoms with Crippen molar-refractivity contribution in [3.8, 4) is 0 Å². The van der Waals surface area contributed by atoms with Gasteiger partial charge >= 0.3 is 0 Å². The normalized spacial score (nSPS) is 12.0. The quantitative estimate of drug-likeness (QED) is 0.789. The molecule has 0 aliphatic carbocycles. The Balaban J connectivity index is 2.68. The Hall–Kier alpha value is -1.09. The molecule has 2 nitrogen and oxygen atoms in total. The van der Waals surface area contributed by atoms with Gasteiger partial charge in [-0.25, -0.2) is 0 Å². The zero-order valence-corrected chi connectivity index (χ0v) is 11.2. The van der Waals surface area contributed by atoms with Crippen molar-refractivity contribution in [2.24, 2.45) is 0 Å². The third-order valence-electron chi connectivity index (χ3n) is 2.76. The van der Waals surface area contributed by atoms with Crippen LogP contribution in [0.4, 0.5) is 0 Å². The summed E-state index contributed by atoms with van der Waals surface area (Å²) in [7, 11) is 1.83. The van der Waals surface area contributed by atoms with E-state index in [2.05, 4.69) is 49.6 Å². The first-order chi connectivity index (χ1) is 7.54. The van der Waals surface area contributed by atoms with Crippen molar-refractivity contribution >= 4 is 17.3 Å². The van der Waals surface area contributed by atoms with Crippen LogP contribution < -0.4 is 10.6 Å². The lowest BCUT2D eigenvalue weighted by atomic mass is 9.95. The van der Waals surface area contributed by atoms with Crippen molar-refractivity contribution in [3.05, 3.63) is 34.9 Å². The molecule has 0 saturated heterocycles. The minimum Gasteiger partial charge on any atom is -0.366 e. The Morgan fingerprint density at radius 2 is 2.06 bits per heavy atom. The molecule has 0 spiro atoms. The molecule has 0 aliphatic rings. The molecule has 0 radical (unpaired) electrons. The number of thiocarbonyl (C=S) groups is 1. The number of aryl methyl sites for hydroxylation is 2. The molecule has 2 N–H and O–H groups in total. The van der Waals surface area contributed by atoms with Crippen molar-refractivity contribution in [1.82, 2.24) is 10.6 Å². The SMILES string of the molecule is CNC(=S)NC[C@@H](C)c1cc(C)ccc1C. The first-order valence-electron chi connectivity index (χ1n) is 5.57. The molecular formula is C13H20N2S. The van der Waals surface area contributed by atoms with E-state index in [0.29, 0.717) is 11.0 Å². The van der Waals surface area contributed by atoms with Gasteiger partial charge in [0.25, 0.3) is 0 Å². The van der Waals surface area contributed by atoms with Crippen LogP contribution in [0.5, 0.6) is 0 Å². The lowest BCUT2D eigenvalue weighted by Crippen LogP contribution is -2.34. The van der Waals surface area contributed by atoms with E-state index in [-0.39, 0.29) is 0 Å². The summed E-state index contributed by atoms with van der Waals surface area (Å²) < 4.78 is 0. The van der Waals surface area contributed by atoms with Crippen LogP contribution in [0, 0.1) is 13.8 Å². The second kappa shape index (κ2) is 5.85. The van der Waals surface area contributed by atoms with E-state index in [9.17, 15) is 0 Å². The number of benzene rings is 1. The van der Waals surface area contributed by atoms with Crippen LogP contribution in [0.1, 0.15) is 29.5 Å². The smallest absolute Gasteiger partial charge is 0.166 e. The zero-order valence-electron chi connectivity index (χ0n) is 10.4. The highest BCUT2D eigenvalue weighted by Gasteiger charge is 2.08. The van der Waals surface area contributed by atoms with Crippen LogP contribution in [0.2, 0.25) is 0 Å². The highest BCUT2D eigenvalue weighted by Crippen LogP contribution is 2.20. The first kappa shape index (κ1) is 13.0. The largest absolute Gasteiger partial charge is 0.366 e. The van der Waals surface area contributed by atoms with Crippen molar-refractivity contribution in [3.63, 3.8) is 0 Å². The second-order valence-electron chi connectivity index (χ2n) is 4.22. The number of rotatable bonds is 3. The van der Waals surface area contributed by atoms with Gasteiger partial charge in [-0.2, -0.15) is 0 Å². The summed E-state index contributed by atoms with van der Waals surface area (Å²) in [5.41, 5.74) is 4.05. The highest BCUT2D eigenvalue weighted by atomic mass is 32.1. The number of hydrogen-bond acceptors (Lipinski definition) is 1. The van der Waals surface area contributed by atoms with E-state index in [1.807, 2.05) is 7.05 Å². The standard InChI is InChI=1S/C13H20N2S/c1-9-5-6-10(2)12(7-9)11(3)8-15-13(16)14-4/h5-7,11H,8H2,1-4H3,(H2,14,15,16)/t11-/m1/s1. The molecule has 1 aromatic rings. The molecule has 0 heterocycles. The summed E-state index contributed by atoms with van der Waals surface area (Å²) in [5, 5.41) is 6.82. The fraction of sp³-hybridized carbons (Fsp3) is 0.462. The van der Waals surface area contributed by atoms with Gasteiger partial charge in [-0.3, -0.25) is 0 Å². The lowest BCUT2D eigenvalue weighted by molar-refractivity contribution is 0.710. The van der Waals surface area contributed by atoms with Crippen LogP contribution in [0.25, 0.3) is 0 Å². The fourth-order valence-electron chi connectivity index (χ4n) is 1.73. The average Bonchev–Trinajstić information content (AvgIpc) is 2.28.